The van der Waals surface area contributed by atoms with E-state index >= 15 is 0 Å². The van der Waals surface area contributed by atoms with E-state index in [0.29, 0.717) is 30.2 Å². The van der Waals surface area contributed by atoms with Gasteiger partial charge in [-0.25, -0.2) is 4.39 Å². The van der Waals surface area contributed by atoms with Gasteiger partial charge in [-0.1, -0.05) is 23.4 Å². The van der Waals surface area contributed by atoms with Gasteiger partial charge < -0.3 is 9.26 Å². The van der Waals surface area contributed by atoms with Gasteiger partial charge in [0.2, 0.25) is 5.89 Å². The van der Waals surface area contributed by atoms with Crippen LogP contribution >= 0.6 is 0 Å². The zero-order valence-corrected chi connectivity index (χ0v) is 12.8. The lowest BCUT2D eigenvalue weighted by molar-refractivity contribution is -0.0725. The molecule has 6 heteroatoms. The lowest BCUT2D eigenvalue weighted by Crippen LogP contribution is -2.44. The number of aromatic nitrogens is 2. The van der Waals surface area contributed by atoms with Gasteiger partial charge in [-0.05, 0) is 25.5 Å². The van der Waals surface area contributed by atoms with Crippen LogP contribution in [0.15, 0.2) is 28.8 Å². The zero-order valence-electron chi connectivity index (χ0n) is 12.8. The van der Waals surface area contributed by atoms with Crippen LogP contribution in [0, 0.1) is 5.82 Å². The fourth-order valence-electron chi connectivity index (χ4n) is 2.84. The first-order chi connectivity index (χ1) is 10.6. The van der Waals surface area contributed by atoms with E-state index in [0.717, 1.165) is 13.1 Å². The standard InChI is InChI=1S/C16H20FN3O2/c1-11-8-20(9-12(2)21-11)10-16-18-15(19-22-16)7-13-5-3-4-6-14(13)17/h3-6,11-12H,7-10H2,1-2H3/t11-,12+. The molecule has 0 unspecified atom stereocenters. The average Bonchev–Trinajstić information content (AvgIpc) is 2.87. The first-order valence-electron chi connectivity index (χ1n) is 7.53. The zero-order chi connectivity index (χ0) is 15.5. The quantitative estimate of drug-likeness (QED) is 0.868. The average molecular weight is 305 g/mol. The fraction of sp³-hybridized carbons (Fsp3) is 0.500. The van der Waals surface area contributed by atoms with Gasteiger partial charge in [-0.2, -0.15) is 4.98 Å². The molecule has 2 aromatic rings. The molecular weight excluding hydrogens is 285 g/mol. The van der Waals surface area contributed by atoms with Crippen molar-refractivity contribution in [3.63, 3.8) is 0 Å². The maximum absolute atomic E-state index is 13.6. The Morgan fingerprint density at radius 2 is 1.95 bits per heavy atom. The van der Waals surface area contributed by atoms with Crippen molar-refractivity contribution < 1.29 is 13.7 Å². The van der Waals surface area contributed by atoms with Crippen molar-refractivity contribution in [1.82, 2.24) is 15.0 Å². The predicted molar refractivity (Wildman–Crippen MR) is 78.8 cm³/mol. The summed E-state index contributed by atoms with van der Waals surface area (Å²) < 4.78 is 24.6. The van der Waals surface area contributed by atoms with Crippen LogP contribution in [-0.4, -0.2) is 40.3 Å². The molecule has 22 heavy (non-hydrogen) atoms. The summed E-state index contributed by atoms with van der Waals surface area (Å²) in [6.45, 7) is 6.40. The van der Waals surface area contributed by atoms with E-state index in [-0.39, 0.29) is 18.0 Å². The third kappa shape index (κ3) is 3.69. The van der Waals surface area contributed by atoms with Gasteiger partial charge in [0.1, 0.15) is 5.82 Å². The lowest BCUT2D eigenvalue weighted by Gasteiger charge is -2.34. The molecule has 1 saturated heterocycles. The van der Waals surface area contributed by atoms with Gasteiger partial charge in [0.05, 0.1) is 18.8 Å². The molecule has 0 spiro atoms. The molecule has 1 aliphatic heterocycles. The topological polar surface area (TPSA) is 51.4 Å². The number of nitrogens with zero attached hydrogens (tertiary/aromatic N) is 3. The van der Waals surface area contributed by atoms with Crippen LogP contribution in [0.4, 0.5) is 4.39 Å². The Bertz CT molecular complexity index is 621. The summed E-state index contributed by atoms with van der Waals surface area (Å²) in [6, 6.07) is 6.64. The SMILES string of the molecule is C[C@@H]1CN(Cc2nc(Cc3ccccc3F)no2)C[C@H](C)O1. The minimum atomic E-state index is -0.246. The van der Waals surface area contributed by atoms with E-state index < -0.39 is 0 Å². The Morgan fingerprint density at radius 3 is 2.68 bits per heavy atom. The molecule has 0 amide bonds. The maximum atomic E-state index is 13.6. The van der Waals surface area contributed by atoms with Gasteiger partial charge in [0.25, 0.3) is 0 Å². The van der Waals surface area contributed by atoms with E-state index in [4.69, 9.17) is 9.26 Å². The number of hydrogen-bond acceptors (Lipinski definition) is 5. The van der Waals surface area contributed by atoms with Gasteiger partial charge >= 0.3 is 0 Å². The maximum Gasteiger partial charge on any atom is 0.240 e. The van der Waals surface area contributed by atoms with Gasteiger partial charge in [0, 0.05) is 19.5 Å². The second-order valence-electron chi connectivity index (χ2n) is 5.82. The highest BCUT2D eigenvalue weighted by atomic mass is 19.1. The number of halogens is 1. The molecular formula is C16H20FN3O2. The van der Waals surface area contributed by atoms with E-state index in [9.17, 15) is 4.39 Å². The highest BCUT2D eigenvalue weighted by Crippen LogP contribution is 2.15. The van der Waals surface area contributed by atoms with Gasteiger partial charge in [0.15, 0.2) is 5.82 Å². The molecule has 1 fully saturated rings. The van der Waals surface area contributed by atoms with Crippen molar-refractivity contribution in [2.24, 2.45) is 0 Å². The number of ether oxygens (including phenoxy) is 1. The Morgan fingerprint density at radius 1 is 1.23 bits per heavy atom. The first-order valence-corrected chi connectivity index (χ1v) is 7.53. The number of benzene rings is 1. The van der Waals surface area contributed by atoms with Crippen molar-refractivity contribution in [1.29, 1.82) is 0 Å². The third-order valence-corrected chi connectivity index (χ3v) is 3.67. The van der Waals surface area contributed by atoms with Crippen LogP contribution in [0.1, 0.15) is 31.1 Å². The number of rotatable bonds is 4. The summed E-state index contributed by atoms with van der Waals surface area (Å²) in [7, 11) is 0. The smallest absolute Gasteiger partial charge is 0.240 e. The summed E-state index contributed by atoms with van der Waals surface area (Å²) in [5.41, 5.74) is 0.573. The van der Waals surface area contributed by atoms with Crippen LogP contribution < -0.4 is 0 Å². The van der Waals surface area contributed by atoms with Crippen LogP contribution in [-0.2, 0) is 17.7 Å². The molecule has 2 atom stereocenters. The highest BCUT2D eigenvalue weighted by Gasteiger charge is 2.23. The second-order valence-corrected chi connectivity index (χ2v) is 5.82. The minimum absolute atomic E-state index is 0.199. The molecule has 0 bridgehead atoms. The summed E-state index contributed by atoms with van der Waals surface area (Å²) in [5.74, 6) is 0.826. The van der Waals surface area contributed by atoms with Gasteiger partial charge in [-0.3, -0.25) is 4.90 Å². The molecule has 1 aromatic carbocycles. The van der Waals surface area contributed by atoms with Crippen molar-refractivity contribution in [2.45, 2.75) is 39.0 Å². The largest absolute Gasteiger partial charge is 0.373 e. The normalized spacial score (nSPS) is 22.9. The summed E-state index contributed by atoms with van der Waals surface area (Å²) in [4.78, 5) is 6.60. The third-order valence-electron chi connectivity index (χ3n) is 3.67. The molecule has 1 aromatic heterocycles. The van der Waals surface area contributed by atoms with Gasteiger partial charge in [-0.15, -0.1) is 0 Å². The molecule has 0 N–H and O–H groups in total. The van der Waals surface area contributed by atoms with Crippen LogP contribution in [0.3, 0.4) is 0 Å². The Balaban J connectivity index is 1.63. The summed E-state index contributed by atoms with van der Waals surface area (Å²) >= 11 is 0. The van der Waals surface area contributed by atoms with Crippen LogP contribution in [0.5, 0.6) is 0 Å². The minimum Gasteiger partial charge on any atom is -0.373 e. The highest BCUT2D eigenvalue weighted by molar-refractivity contribution is 5.20. The lowest BCUT2D eigenvalue weighted by atomic mass is 10.1. The van der Waals surface area contributed by atoms with E-state index in [1.165, 1.54) is 6.07 Å². The summed E-state index contributed by atoms with van der Waals surface area (Å²) in [6.07, 6.45) is 0.737. The molecule has 118 valence electrons. The van der Waals surface area contributed by atoms with Crippen molar-refractivity contribution in [3.05, 3.63) is 47.4 Å². The van der Waals surface area contributed by atoms with Crippen molar-refractivity contribution >= 4 is 0 Å². The van der Waals surface area contributed by atoms with Crippen molar-refractivity contribution in [3.8, 4) is 0 Å². The monoisotopic (exact) mass is 305 g/mol. The summed E-state index contributed by atoms with van der Waals surface area (Å²) in [5, 5.41) is 3.95. The van der Waals surface area contributed by atoms with E-state index in [1.807, 2.05) is 0 Å². The second kappa shape index (κ2) is 6.54. The first kappa shape index (κ1) is 15.1. The Labute approximate surface area is 129 Å². The van der Waals surface area contributed by atoms with E-state index in [2.05, 4.69) is 28.9 Å². The predicted octanol–water partition coefficient (Wildman–Crippen LogP) is 2.41. The van der Waals surface area contributed by atoms with E-state index in [1.54, 1.807) is 18.2 Å². The fourth-order valence-corrected chi connectivity index (χ4v) is 2.84. The Kier molecular flexibility index (Phi) is 4.49. The number of hydrogen-bond donors (Lipinski definition) is 0. The molecule has 2 heterocycles. The Hall–Kier alpha value is -1.79. The molecule has 0 radical (unpaired) electrons. The van der Waals surface area contributed by atoms with Crippen LogP contribution in [0.25, 0.3) is 0 Å². The molecule has 3 rings (SSSR count). The molecule has 0 aliphatic carbocycles. The molecule has 5 nitrogen and oxygen atoms in total. The van der Waals surface area contributed by atoms with Crippen LogP contribution in [0.2, 0.25) is 0 Å². The number of morpholine rings is 1. The molecule has 0 saturated carbocycles. The molecule has 1 aliphatic rings. The van der Waals surface area contributed by atoms with Crippen molar-refractivity contribution in [2.75, 3.05) is 13.1 Å².